The summed E-state index contributed by atoms with van der Waals surface area (Å²) in [5.74, 6) is 1.41. The Labute approximate surface area is 206 Å². The third kappa shape index (κ3) is 6.04. The summed E-state index contributed by atoms with van der Waals surface area (Å²) in [5.41, 5.74) is 2.63. The van der Waals surface area contributed by atoms with Gasteiger partial charge in [0.15, 0.2) is 0 Å². The number of carbonyl (C=O) groups is 2. The van der Waals surface area contributed by atoms with Crippen LogP contribution in [0.5, 0.6) is 5.75 Å². The molecular weight excluding hydrogens is 442 g/mol. The second-order valence-electron chi connectivity index (χ2n) is 8.62. The van der Waals surface area contributed by atoms with Crippen molar-refractivity contribution in [2.45, 2.75) is 26.8 Å². The minimum absolute atomic E-state index is 0.0671. The summed E-state index contributed by atoms with van der Waals surface area (Å²) in [4.78, 5) is 32.2. The van der Waals surface area contributed by atoms with Gasteiger partial charge in [-0.2, -0.15) is 0 Å². The smallest absolute Gasteiger partial charge is 0.257 e. The third-order valence-electron chi connectivity index (χ3n) is 6.33. The number of rotatable bonds is 9. The van der Waals surface area contributed by atoms with Crippen LogP contribution < -0.4 is 9.64 Å². The number of piperazine rings is 1. The molecule has 1 aliphatic rings. The fourth-order valence-corrected chi connectivity index (χ4v) is 4.41. The van der Waals surface area contributed by atoms with Crippen molar-refractivity contribution in [3.63, 3.8) is 0 Å². The summed E-state index contributed by atoms with van der Waals surface area (Å²) in [6, 6.07) is 19.6. The lowest BCUT2D eigenvalue weighted by molar-refractivity contribution is -0.131. The van der Waals surface area contributed by atoms with E-state index in [0.29, 0.717) is 44.1 Å². The van der Waals surface area contributed by atoms with Crippen molar-refractivity contribution in [3.8, 4) is 5.75 Å². The number of furan rings is 1. The molecule has 0 N–H and O–H groups in total. The summed E-state index contributed by atoms with van der Waals surface area (Å²) in [6.07, 6.45) is 1.81. The highest BCUT2D eigenvalue weighted by atomic mass is 16.5. The SMILES string of the molecule is CCOc1ccccc1N1CCN(C(=O)CCN(Cc2ccccc2)C(=O)c2ccoc2C)CC1. The summed E-state index contributed by atoms with van der Waals surface area (Å²) in [6.45, 7) is 7.96. The Morgan fingerprint density at radius 3 is 2.37 bits per heavy atom. The molecule has 7 heteroatoms. The number of para-hydroxylation sites is 2. The second kappa shape index (κ2) is 11.6. The molecule has 0 aliphatic carbocycles. The number of nitrogens with zero attached hydrogens (tertiary/aromatic N) is 3. The number of aryl methyl sites for hydroxylation is 1. The third-order valence-corrected chi connectivity index (χ3v) is 6.33. The number of hydrogen-bond donors (Lipinski definition) is 0. The van der Waals surface area contributed by atoms with Gasteiger partial charge in [-0.15, -0.1) is 0 Å². The van der Waals surface area contributed by atoms with Gasteiger partial charge in [-0.1, -0.05) is 42.5 Å². The second-order valence-corrected chi connectivity index (χ2v) is 8.62. The van der Waals surface area contributed by atoms with Crippen LogP contribution in [-0.4, -0.2) is 60.9 Å². The molecule has 35 heavy (non-hydrogen) atoms. The van der Waals surface area contributed by atoms with Gasteiger partial charge in [0, 0.05) is 45.7 Å². The van der Waals surface area contributed by atoms with E-state index in [1.807, 2.05) is 60.4 Å². The highest BCUT2D eigenvalue weighted by molar-refractivity contribution is 5.95. The highest BCUT2D eigenvalue weighted by Crippen LogP contribution is 2.29. The van der Waals surface area contributed by atoms with Crippen LogP contribution in [0.1, 0.15) is 35.0 Å². The molecule has 0 bridgehead atoms. The number of hydrogen-bond acceptors (Lipinski definition) is 5. The Kier molecular flexibility index (Phi) is 8.08. The number of anilines is 1. The lowest BCUT2D eigenvalue weighted by Gasteiger charge is -2.37. The van der Waals surface area contributed by atoms with E-state index in [-0.39, 0.29) is 18.2 Å². The van der Waals surface area contributed by atoms with Gasteiger partial charge in [-0.25, -0.2) is 0 Å². The van der Waals surface area contributed by atoms with Crippen LogP contribution in [0.3, 0.4) is 0 Å². The van der Waals surface area contributed by atoms with E-state index in [2.05, 4.69) is 11.0 Å². The van der Waals surface area contributed by atoms with Crippen molar-refractivity contribution >= 4 is 17.5 Å². The molecule has 1 aliphatic heterocycles. The molecule has 3 aromatic rings. The number of benzene rings is 2. The van der Waals surface area contributed by atoms with Crippen LogP contribution in [0.25, 0.3) is 0 Å². The average Bonchev–Trinajstić information content (AvgIpc) is 3.33. The first-order valence-electron chi connectivity index (χ1n) is 12.2. The maximum atomic E-state index is 13.2. The van der Waals surface area contributed by atoms with Gasteiger partial charge in [0.2, 0.25) is 5.91 Å². The van der Waals surface area contributed by atoms with Crippen LogP contribution >= 0.6 is 0 Å². The standard InChI is InChI=1S/C28H33N3O4/c1-3-34-26-12-8-7-11-25(26)29-16-18-30(19-17-29)27(32)13-15-31(21-23-9-5-4-6-10-23)28(33)24-14-20-35-22(24)2/h4-12,14,20H,3,13,15-19,21H2,1-2H3. The predicted octanol–water partition coefficient (Wildman–Crippen LogP) is 4.37. The molecule has 1 aromatic heterocycles. The fraction of sp³-hybridized carbons (Fsp3) is 0.357. The van der Waals surface area contributed by atoms with E-state index in [1.54, 1.807) is 17.9 Å². The predicted molar refractivity (Wildman–Crippen MR) is 136 cm³/mol. The Morgan fingerprint density at radius 1 is 0.971 bits per heavy atom. The summed E-state index contributed by atoms with van der Waals surface area (Å²) >= 11 is 0. The Hall–Kier alpha value is -3.74. The van der Waals surface area contributed by atoms with Crippen LogP contribution in [0.15, 0.2) is 71.3 Å². The van der Waals surface area contributed by atoms with Crippen LogP contribution in [0.4, 0.5) is 5.69 Å². The number of ether oxygens (including phenoxy) is 1. The lowest BCUT2D eigenvalue weighted by atomic mass is 10.1. The van der Waals surface area contributed by atoms with E-state index in [4.69, 9.17) is 9.15 Å². The maximum Gasteiger partial charge on any atom is 0.257 e. The van der Waals surface area contributed by atoms with Gasteiger partial charge in [0.05, 0.1) is 24.1 Å². The van der Waals surface area contributed by atoms with Crippen LogP contribution in [0, 0.1) is 6.92 Å². The maximum absolute atomic E-state index is 13.2. The largest absolute Gasteiger partial charge is 0.492 e. The first-order chi connectivity index (χ1) is 17.1. The van der Waals surface area contributed by atoms with Crippen molar-refractivity contribution in [1.82, 2.24) is 9.80 Å². The summed E-state index contributed by atoms with van der Waals surface area (Å²) < 4.78 is 11.1. The van der Waals surface area contributed by atoms with Crippen molar-refractivity contribution in [2.24, 2.45) is 0 Å². The molecular formula is C28H33N3O4. The molecule has 1 saturated heterocycles. The molecule has 0 unspecified atom stereocenters. The van der Waals surface area contributed by atoms with Crippen molar-refractivity contribution < 1.29 is 18.7 Å². The van der Waals surface area contributed by atoms with Crippen molar-refractivity contribution in [2.75, 3.05) is 44.2 Å². The van der Waals surface area contributed by atoms with E-state index in [0.717, 1.165) is 30.1 Å². The first-order valence-corrected chi connectivity index (χ1v) is 12.2. The van der Waals surface area contributed by atoms with Crippen LogP contribution in [0.2, 0.25) is 0 Å². The van der Waals surface area contributed by atoms with Gasteiger partial charge >= 0.3 is 0 Å². The molecule has 0 spiro atoms. The molecule has 184 valence electrons. The van der Waals surface area contributed by atoms with E-state index < -0.39 is 0 Å². The lowest BCUT2D eigenvalue weighted by Crippen LogP contribution is -2.49. The zero-order chi connectivity index (χ0) is 24.6. The van der Waals surface area contributed by atoms with E-state index >= 15 is 0 Å². The Morgan fingerprint density at radius 2 is 1.69 bits per heavy atom. The molecule has 1 fully saturated rings. The van der Waals surface area contributed by atoms with Crippen LogP contribution in [-0.2, 0) is 11.3 Å². The van der Waals surface area contributed by atoms with E-state index in [9.17, 15) is 9.59 Å². The molecule has 2 heterocycles. The van der Waals surface area contributed by atoms with Crippen molar-refractivity contribution in [1.29, 1.82) is 0 Å². The molecule has 7 nitrogen and oxygen atoms in total. The Bertz CT molecular complexity index is 1120. The monoisotopic (exact) mass is 475 g/mol. The highest BCUT2D eigenvalue weighted by Gasteiger charge is 2.25. The topological polar surface area (TPSA) is 66.2 Å². The summed E-state index contributed by atoms with van der Waals surface area (Å²) in [7, 11) is 0. The van der Waals surface area contributed by atoms with Crippen molar-refractivity contribution in [3.05, 3.63) is 83.8 Å². The van der Waals surface area contributed by atoms with Gasteiger partial charge in [-0.05, 0) is 37.6 Å². The minimum atomic E-state index is -0.120. The zero-order valence-corrected chi connectivity index (χ0v) is 20.5. The molecule has 4 rings (SSSR count). The van der Waals surface area contributed by atoms with Gasteiger partial charge in [0.1, 0.15) is 11.5 Å². The molecule has 2 amide bonds. The quantitative estimate of drug-likeness (QED) is 0.460. The number of amides is 2. The normalized spacial score (nSPS) is 13.5. The fourth-order valence-electron chi connectivity index (χ4n) is 4.41. The number of carbonyl (C=O) groups excluding carboxylic acids is 2. The molecule has 0 radical (unpaired) electrons. The summed E-state index contributed by atoms with van der Waals surface area (Å²) in [5, 5.41) is 0. The molecule has 0 saturated carbocycles. The van der Waals surface area contributed by atoms with Gasteiger partial charge in [-0.3, -0.25) is 9.59 Å². The van der Waals surface area contributed by atoms with E-state index in [1.165, 1.54) is 6.26 Å². The Balaban J connectivity index is 1.36. The molecule has 2 aromatic carbocycles. The van der Waals surface area contributed by atoms with Gasteiger partial charge < -0.3 is 23.9 Å². The average molecular weight is 476 g/mol. The first kappa shape index (κ1) is 24.4. The van der Waals surface area contributed by atoms with Gasteiger partial charge in [0.25, 0.3) is 5.91 Å². The minimum Gasteiger partial charge on any atom is -0.492 e. The molecule has 0 atom stereocenters. The zero-order valence-electron chi connectivity index (χ0n) is 20.5.